The summed E-state index contributed by atoms with van der Waals surface area (Å²) in [6.45, 7) is 0. The Morgan fingerprint density at radius 2 is 1.85 bits per heavy atom. The first kappa shape index (κ1) is 14.5. The highest BCUT2D eigenvalue weighted by atomic mass is 79.9. The third-order valence-electron chi connectivity index (χ3n) is 2.41. The van der Waals surface area contributed by atoms with Crippen molar-refractivity contribution in [2.75, 3.05) is 0 Å². The van der Waals surface area contributed by atoms with Gasteiger partial charge in [-0.15, -0.1) is 0 Å². The minimum atomic E-state index is -0.634. The number of halogens is 2. The van der Waals surface area contributed by atoms with Gasteiger partial charge in [0.15, 0.2) is 0 Å². The maximum Gasteiger partial charge on any atom is 0.345 e. The van der Waals surface area contributed by atoms with Crippen LogP contribution in [0.5, 0.6) is 5.75 Å². The molecule has 20 heavy (non-hydrogen) atoms. The van der Waals surface area contributed by atoms with Gasteiger partial charge in [0, 0.05) is 16.6 Å². The number of esters is 1. The number of nitro groups is 1. The van der Waals surface area contributed by atoms with Gasteiger partial charge in [-0.1, -0.05) is 27.5 Å². The Hall–Kier alpha value is -1.92. The zero-order valence-electron chi connectivity index (χ0n) is 9.88. The zero-order valence-corrected chi connectivity index (χ0v) is 12.2. The molecule has 5 nitrogen and oxygen atoms in total. The fourth-order valence-corrected chi connectivity index (χ4v) is 2.01. The Balaban J connectivity index is 2.19. The topological polar surface area (TPSA) is 69.4 Å². The van der Waals surface area contributed by atoms with Crippen LogP contribution in [0.1, 0.15) is 10.4 Å². The molecule has 102 valence electrons. The van der Waals surface area contributed by atoms with E-state index in [0.29, 0.717) is 4.47 Å². The van der Waals surface area contributed by atoms with Crippen LogP contribution in [0.3, 0.4) is 0 Å². The van der Waals surface area contributed by atoms with Crippen LogP contribution in [0.4, 0.5) is 5.69 Å². The Kier molecular flexibility index (Phi) is 4.36. The van der Waals surface area contributed by atoms with Gasteiger partial charge < -0.3 is 4.74 Å². The molecule has 0 aliphatic carbocycles. The van der Waals surface area contributed by atoms with E-state index in [1.165, 1.54) is 30.3 Å². The maximum absolute atomic E-state index is 11.9. The molecule has 0 saturated carbocycles. The molecule has 0 amide bonds. The summed E-state index contributed by atoms with van der Waals surface area (Å²) in [4.78, 5) is 21.9. The molecule has 0 radical (unpaired) electrons. The van der Waals surface area contributed by atoms with Gasteiger partial charge in [-0.2, -0.15) is 0 Å². The molecule has 0 fully saturated rings. The average Bonchev–Trinajstić information content (AvgIpc) is 2.42. The summed E-state index contributed by atoms with van der Waals surface area (Å²) in [5, 5.41) is 10.8. The van der Waals surface area contributed by atoms with Crippen LogP contribution in [0, 0.1) is 10.1 Å². The number of nitro benzene ring substituents is 1. The highest BCUT2D eigenvalue weighted by molar-refractivity contribution is 9.10. The van der Waals surface area contributed by atoms with Crippen LogP contribution in [0.15, 0.2) is 46.9 Å². The number of ether oxygens (including phenoxy) is 1. The van der Waals surface area contributed by atoms with Crippen molar-refractivity contribution < 1.29 is 14.5 Å². The van der Waals surface area contributed by atoms with E-state index in [-0.39, 0.29) is 22.0 Å². The van der Waals surface area contributed by atoms with Gasteiger partial charge in [-0.05, 0) is 30.3 Å². The fraction of sp³-hybridized carbons (Fsp3) is 0. The average molecular weight is 357 g/mol. The zero-order chi connectivity index (χ0) is 14.7. The van der Waals surface area contributed by atoms with Gasteiger partial charge >= 0.3 is 5.97 Å². The molecule has 2 rings (SSSR count). The van der Waals surface area contributed by atoms with Crippen molar-refractivity contribution in [2.45, 2.75) is 0 Å². The fourth-order valence-electron chi connectivity index (χ4n) is 1.45. The predicted molar refractivity (Wildman–Crippen MR) is 77.2 cm³/mol. The second kappa shape index (κ2) is 6.02. The van der Waals surface area contributed by atoms with Crippen LogP contribution < -0.4 is 4.74 Å². The van der Waals surface area contributed by atoms with Crippen LogP contribution >= 0.6 is 27.5 Å². The van der Waals surface area contributed by atoms with Gasteiger partial charge in [0.1, 0.15) is 5.75 Å². The molecular formula is C13H7BrClNO4. The number of benzene rings is 2. The van der Waals surface area contributed by atoms with Gasteiger partial charge in [0.05, 0.1) is 15.5 Å². The van der Waals surface area contributed by atoms with Crippen LogP contribution in [-0.4, -0.2) is 10.9 Å². The highest BCUT2D eigenvalue weighted by Gasteiger charge is 2.14. The van der Waals surface area contributed by atoms with Gasteiger partial charge in [0.25, 0.3) is 5.69 Å². The summed E-state index contributed by atoms with van der Waals surface area (Å²) in [5.41, 5.74) is 0.129. The number of carbonyl (C=O) groups is 1. The SMILES string of the molecule is O=C(Oc1ccc([N+](=O)[O-])cc1)c1cc(Br)ccc1Cl. The van der Waals surface area contributed by atoms with Crippen molar-refractivity contribution in [3.63, 3.8) is 0 Å². The summed E-state index contributed by atoms with van der Waals surface area (Å²) in [6, 6.07) is 10.0. The lowest BCUT2D eigenvalue weighted by molar-refractivity contribution is -0.384. The van der Waals surface area contributed by atoms with E-state index >= 15 is 0 Å². The van der Waals surface area contributed by atoms with E-state index in [4.69, 9.17) is 16.3 Å². The molecule has 0 aromatic heterocycles. The lowest BCUT2D eigenvalue weighted by Gasteiger charge is -2.06. The quantitative estimate of drug-likeness (QED) is 0.357. The van der Waals surface area contributed by atoms with Crippen molar-refractivity contribution in [1.29, 1.82) is 0 Å². The van der Waals surface area contributed by atoms with Crippen molar-refractivity contribution >= 4 is 39.2 Å². The number of nitrogens with zero attached hydrogens (tertiary/aromatic N) is 1. The number of hydrogen-bond acceptors (Lipinski definition) is 4. The molecule has 0 N–H and O–H groups in total. The van der Waals surface area contributed by atoms with E-state index in [1.807, 2.05) is 0 Å². The molecule has 0 saturated heterocycles. The first-order valence-corrected chi connectivity index (χ1v) is 6.56. The number of rotatable bonds is 3. The molecule has 0 bridgehead atoms. The molecule has 2 aromatic carbocycles. The minimum Gasteiger partial charge on any atom is -0.423 e. The largest absolute Gasteiger partial charge is 0.423 e. The minimum absolute atomic E-state index is 0.0784. The highest BCUT2D eigenvalue weighted by Crippen LogP contribution is 2.23. The second-order valence-corrected chi connectivity index (χ2v) is 5.09. The number of non-ortho nitro benzene ring substituents is 1. The molecule has 0 spiro atoms. The van der Waals surface area contributed by atoms with Crippen LogP contribution in [-0.2, 0) is 0 Å². The Morgan fingerprint density at radius 1 is 1.20 bits per heavy atom. The molecule has 7 heteroatoms. The van der Waals surface area contributed by atoms with Crippen LogP contribution in [0.2, 0.25) is 5.02 Å². The van der Waals surface area contributed by atoms with Crippen molar-refractivity contribution in [1.82, 2.24) is 0 Å². The lowest BCUT2D eigenvalue weighted by Crippen LogP contribution is -2.09. The Labute approximate surface area is 127 Å². The van der Waals surface area contributed by atoms with E-state index < -0.39 is 10.9 Å². The third-order valence-corrected chi connectivity index (χ3v) is 3.23. The molecular weight excluding hydrogens is 350 g/mol. The molecule has 0 aliphatic heterocycles. The first-order valence-electron chi connectivity index (χ1n) is 5.39. The van der Waals surface area contributed by atoms with E-state index in [1.54, 1.807) is 12.1 Å². The van der Waals surface area contributed by atoms with Crippen molar-refractivity contribution in [2.24, 2.45) is 0 Å². The third kappa shape index (κ3) is 3.34. The summed E-state index contributed by atoms with van der Waals surface area (Å²) in [7, 11) is 0. The second-order valence-electron chi connectivity index (χ2n) is 3.76. The molecule has 0 unspecified atom stereocenters. The van der Waals surface area contributed by atoms with Crippen molar-refractivity contribution in [3.8, 4) is 5.75 Å². The van der Waals surface area contributed by atoms with E-state index in [2.05, 4.69) is 15.9 Å². The Morgan fingerprint density at radius 3 is 2.45 bits per heavy atom. The van der Waals surface area contributed by atoms with Gasteiger partial charge in [0.2, 0.25) is 0 Å². The normalized spacial score (nSPS) is 10.1. The van der Waals surface area contributed by atoms with E-state index in [9.17, 15) is 14.9 Å². The standard InChI is InChI=1S/C13H7BrClNO4/c14-8-1-6-12(15)11(7-8)13(17)20-10-4-2-9(3-5-10)16(18)19/h1-7H. The first-order chi connectivity index (χ1) is 9.47. The summed E-state index contributed by atoms with van der Waals surface area (Å²) in [5.74, 6) is -0.429. The van der Waals surface area contributed by atoms with Gasteiger partial charge in [-0.3, -0.25) is 10.1 Å². The molecule has 0 heterocycles. The van der Waals surface area contributed by atoms with Gasteiger partial charge in [-0.25, -0.2) is 4.79 Å². The predicted octanol–water partition coefficient (Wildman–Crippen LogP) is 4.23. The molecule has 0 aliphatic rings. The Bertz CT molecular complexity index is 673. The monoisotopic (exact) mass is 355 g/mol. The smallest absolute Gasteiger partial charge is 0.345 e. The summed E-state index contributed by atoms with van der Waals surface area (Å²) < 4.78 is 5.80. The molecule has 0 atom stereocenters. The van der Waals surface area contributed by atoms with Crippen molar-refractivity contribution in [3.05, 3.63) is 67.6 Å². The van der Waals surface area contributed by atoms with Crippen LogP contribution in [0.25, 0.3) is 0 Å². The summed E-state index contributed by atoms with van der Waals surface area (Å²) in [6.07, 6.45) is 0. The number of carbonyl (C=O) groups excluding carboxylic acids is 1. The maximum atomic E-state index is 11.9. The molecule has 2 aromatic rings. The lowest BCUT2D eigenvalue weighted by atomic mass is 10.2. The van der Waals surface area contributed by atoms with E-state index in [0.717, 1.165) is 0 Å². The summed E-state index contributed by atoms with van der Waals surface area (Å²) >= 11 is 9.15. The number of hydrogen-bond donors (Lipinski definition) is 0.